The third-order valence-corrected chi connectivity index (χ3v) is 6.71. The summed E-state index contributed by atoms with van der Waals surface area (Å²) >= 11 is 0. The molecule has 172 valence electrons. The van der Waals surface area contributed by atoms with Crippen LogP contribution in [0.1, 0.15) is 78.9 Å². The standard InChI is InChI=1S/C25H32N2O5.Na/c1-2-3-6-13-26-24(30)19-15-31-25(27-19)23-18(20-10-11-21(23)32-20)14-17-8-5-4-7-16(17)9-12-22(28)29;/h4-5,7-8,15,18,20-21,23H,2-3,6,9-14H2,1H3,(H,26,30)(H,28,29);/q;+1/t18-,20-,21+,23-;/m0./s1. The molecular weight excluding hydrogens is 431 g/mol. The number of carbonyl (C=O) groups is 2. The molecule has 2 aromatic rings. The number of rotatable bonds is 11. The summed E-state index contributed by atoms with van der Waals surface area (Å²) in [5, 5.41) is 12.0. The van der Waals surface area contributed by atoms with Gasteiger partial charge in [-0.1, -0.05) is 44.0 Å². The van der Waals surface area contributed by atoms with Crippen LogP contribution in [0.3, 0.4) is 0 Å². The van der Waals surface area contributed by atoms with E-state index in [2.05, 4.69) is 23.3 Å². The normalized spacial score (nSPS) is 23.3. The Bertz CT molecular complexity index is 946. The Balaban J connectivity index is 0.00000306. The van der Waals surface area contributed by atoms with E-state index in [4.69, 9.17) is 14.3 Å². The van der Waals surface area contributed by atoms with Crippen LogP contribution in [-0.4, -0.2) is 40.7 Å². The number of hydrogen-bond donors (Lipinski definition) is 2. The maximum Gasteiger partial charge on any atom is 1.00 e. The average Bonchev–Trinajstić information content (AvgIpc) is 3.52. The van der Waals surface area contributed by atoms with Crippen molar-refractivity contribution in [1.82, 2.24) is 10.3 Å². The summed E-state index contributed by atoms with van der Waals surface area (Å²) in [6.07, 6.45) is 8.17. The molecule has 2 fully saturated rings. The molecule has 2 bridgehead atoms. The van der Waals surface area contributed by atoms with E-state index in [1.165, 1.54) is 6.26 Å². The minimum atomic E-state index is -0.791. The van der Waals surface area contributed by atoms with Crippen molar-refractivity contribution in [2.24, 2.45) is 5.92 Å². The number of ether oxygens (including phenoxy) is 1. The number of hydrogen-bond acceptors (Lipinski definition) is 5. The molecule has 2 aliphatic rings. The van der Waals surface area contributed by atoms with Gasteiger partial charge in [-0.25, -0.2) is 4.98 Å². The third kappa shape index (κ3) is 6.27. The number of oxazole rings is 1. The fraction of sp³-hybridized carbons (Fsp3) is 0.560. The molecule has 1 amide bonds. The number of aliphatic carboxylic acids is 1. The van der Waals surface area contributed by atoms with Crippen molar-refractivity contribution in [3.63, 3.8) is 0 Å². The first-order valence-corrected chi connectivity index (χ1v) is 11.7. The zero-order valence-electron chi connectivity index (χ0n) is 19.6. The van der Waals surface area contributed by atoms with Crippen LogP contribution in [0.25, 0.3) is 0 Å². The number of carboxylic acids is 1. The van der Waals surface area contributed by atoms with Gasteiger partial charge in [0.2, 0.25) is 5.89 Å². The molecule has 0 unspecified atom stereocenters. The number of carbonyl (C=O) groups excluding carboxylic acids is 1. The summed E-state index contributed by atoms with van der Waals surface area (Å²) in [7, 11) is 0. The van der Waals surface area contributed by atoms with Crippen LogP contribution in [0.15, 0.2) is 34.9 Å². The van der Waals surface area contributed by atoms with Gasteiger partial charge in [-0.2, -0.15) is 0 Å². The Morgan fingerprint density at radius 1 is 1.15 bits per heavy atom. The van der Waals surface area contributed by atoms with Gasteiger partial charge >= 0.3 is 35.5 Å². The number of unbranched alkanes of at least 4 members (excludes halogenated alkanes) is 2. The summed E-state index contributed by atoms with van der Waals surface area (Å²) in [6, 6.07) is 8.03. The number of aromatic nitrogens is 1. The van der Waals surface area contributed by atoms with Crippen molar-refractivity contribution in [2.45, 2.75) is 76.4 Å². The summed E-state index contributed by atoms with van der Waals surface area (Å²) in [4.78, 5) is 28.0. The Morgan fingerprint density at radius 2 is 1.91 bits per heavy atom. The van der Waals surface area contributed by atoms with Gasteiger partial charge in [0.15, 0.2) is 5.69 Å². The van der Waals surface area contributed by atoms with E-state index < -0.39 is 5.97 Å². The second-order valence-electron chi connectivity index (χ2n) is 8.88. The summed E-state index contributed by atoms with van der Waals surface area (Å²) in [6.45, 7) is 2.77. The zero-order valence-corrected chi connectivity index (χ0v) is 21.6. The molecule has 0 radical (unpaired) electrons. The van der Waals surface area contributed by atoms with Crippen LogP contribution in [0.5, 0.6) is 0 Å². The van der Waals surface area contributed by atoms with Gasteiger partial charge in [-0.05, 0) is 43.2 Å². The van der Waals surface area contributed by atoms with E-state index in [-0.39, 0.29) is 65.9 Å². The van der Waals surface area contributed by atoms with Crippen LogP contribution in [-0.2, 0) is 22.4 Å². The maximum atomic E-state index is 12.4. The van der Waals surface area contributed by atoms with E-state index in [0.29, 0.717) is 24.6 Å². The second kappa shape index (κ2) is 12.2. The fourth-order valence-electron chi connectivity index (χ4n) is 5.08. The molecule has 2 N–H and O–H groups in total. The molecule has 0 aliphatic carbocycles. The first-order chi connectivity index (χ1) is 15.6. The summed E-state index contributed by atoms with van der Waals surface area (Å²) in [5.74, 6) is -0.220. The Morgan fingerprint density at radius 3 is 2.67 bits per heavy atom. The monoisotopic (exact) mass is 463 g/mol. The van der Waals surface area contributed by atoms with Gasteiger partial charge in [0.25, 0.3) is 5.91 Å². The molecule has 7 nitrogen and oxygen atoms in total. The minimum Gasteiger partial charge on any atom is -0.481 e. The van der Waals surface area contributed by atoms with Crippen molar-refractivity contribution in [1.29, 1.82) is 0 Å². The number of fused-ring (bicyclic) bond motifs is 2. The van der Waals surface area contributed by atoms with Crippen molar-refractivity contribution in [3.8, 4) is 0 Å². The first-order valence-electron chi connectivity index (χ1n) is 11.7. The predicted octanol–water partition coefficient (Wildman–Crippen LogP) is 1.12. The van der Waals surface area contributed by atoms with Gasteiger partial charge in [0.05, 0.1) is 18.1 Å². The Labute approximate surface area is 217 Å². The minimum absolute atomic E-state index is 0. The first kappa shape index (κ1) is 25.9. The largest absolute Gasteiger partial charge is 1.00 e. The SMILES string of the molecule is CCCCCNC(=O)c1coc([C@H]2[C@@H](Cc3ccccc3CCC(=O)O)[C@@H]3CC[C@H]2O3)n1.[Na+]. The molecule has 1 aromatic carbocycles. The van der Waals surface area contributed by atoms with E-state index in [0.717, 1.165) is 49.7 Å². The summed E-state index contributed by atoms with van der Waals surface area (Å²) < 4.78 is 12.0. The smallest absolute Gasteiger partial charge is 0.481 e. The van der Waals surface area contributed by atoms with Gasteiger partial charge in [-0.3, -0.25) is 9.59 Å². The zero-order chi connectivity index (χ0) is 22.5. The fourth-order valence-corrected chi connectivity index (χ4v) is 5.08. The van der Waals surface area contributed by atoms with Crippen LogP contribution in [0.2, 0.25) is 0 Å². The van der Waals surface area contributed by atoms with Crippen molar-refractivity contribution in [3.05, 3.63) is 53.2 Å². The number of nitrogens with zero attached hydrogens (tertiary/aromatic N) is 1. The number of nitrogens with one attached hydrogen (secondary N) is 1. The second-order valence-corrected chi connectivity index (χ2v) is 8.88. The van der Waals surface area contributed by atoms with E-state index in [1.807, 2.05) is 18.2 Å². The average molecular weight is 464 g/mol. The van der Waals surface area contributed by atoms with E-state index >= 15 is 0 Å². The molecule has 2 saturated heterocycles. The van der Waals surface area contributed by atoms with Gasteiger partial charge in [0.1, 0.15) is 6.26 Å². The van der Waals surface area contributed by atoms with Crippen molar-refractivity contribution < 1.29 is 53.4 Å². The Kier molecular flexibility index (Phi) is 9.56. The summed E-state index contributed by atoms with van der Waals surface area (Å²) in [5.41, 5.74) is 2.54. The number of aryl methyl sites for hydroxylation is 1. The van der Waals surface area contributed by atoms with Crippen LogP contribution in [0, 0.1) is 5.92 Å². The molecule has 8 heteroatoms. The molecule has 2 aliphatic heterocycles. The molecule has 33 heavy (non-hydrogen) atoms. The molecule has 4 rings (SSSR count). The number of carboxylic acid groups (broad SMARTS) is 1. The van der Waals surface area contributed by atoms with Crippen LogP contribution < -0.4 is 34.9 Å². The van der Waals surface area contributed by atoms with E-state index in [9.17, 15) is 9.59 Å². The van der Waals surface area contributed by atoms with Gasteiger partial charge in [-0.15, -0.1) is 0 Å². The third-order valence-electron chi connectivity index (χ3n) is 6.71. The van der Waals surface area contributed by atoms with Crippen molar-refractivity contribution in [2.75, 3.05) is 6.54 Å². The van der Waals surface area contributed by atoms with Gasteiger partial charge < -0.3 is 19.6 Å². The van der Waals surface area contributed by atoms with Crippen LogP contribution >= 0.6 is 0 Å². The predicted molar refractivity (Wildman–Crippen MR) is 119 cm³/mol. The van der Waals surface area contributed by atoms with Crippen molar-refractivity contribution >= 4 is 11.9 Å². The van der Waals surface area contributed by atoms with Crippen LogP contribution in [0.4, 0.5) is 0 Å². The number of amides is 1. The molecule has 0 saturated carbocycles. The quantitative estimate of drug-likeness (QED) is 0.383. The molecule has 0 spiro atoms. The topological polar surface area (TPSA) is 102 Å². The van der Waals surface area contributed by atoms with E-state index in [1.54, 1.807) is 0 Å². The molecule has 3 heterocycles. The Hall–Kier alpha value is -1.67. The maximum absolute atomic E-state index is 12.4. The molecule has 4 atom stereocenters. The molecular formula is C25H32N2NaO5+. The molecule has 1 aromatic heterocycles. The van der Waals surface area contributed by atoms with Gasteiger partial charge in [0, 0.05) is 18.9 Å². The number of benzene rings is 1.